The lowest BCUT2D eigenvalue weighted by Gasteiger charge is -2.13. The van der Waals surface area contributed by atoms with E-state index in [1.807, 2.05) is 24.3 Å². The van der Waals surface area contributed by atoms with Gasteiger partial charge in [-0.2, -0.15) is 0 Å². The van der Waals surface area contributed by atoms with Crippen molar-refractivity contribution in [2.45, 2.75) is 32.1 Å². The summed E-state index contributed by atoms with van der Waals surface area (Å²) in [4.78, 5) is 12.1. The maximum atomic E-state index is 13.6. The molecule has 0 saturated heterocycles. The molecule has 0 saturated carbocycles. The third-order valence-electron chi connectivity index (χ3n) is 4.42. The van der Waals surface area contributed by atoms with Crippen molar-refractivity contribution < 1.29 is 9.18 Å². The van der Waals surface area contributed by atoms with Gasteiger partial charge in [0.05, 0.1) is 5.56 Å². The van der Waals surface area contributed by atoms with Crippen LogP contribution in [0.15, 0.2) is 60.2 Å². The molecule has 1 aliphatic rings. The van der Waals surface area contributed by atoms with Crippen LogP contribution in [0.3, 0.4) is 0 Å². The third kappa shape index (κ3) is 4.92. The topological polar surface area (TPSA) is 41.1 Å². The van der Waals surface area contributed by atoms with Crippen LogP contribution in [0.5, 0.6) is 0 Å². The van der Waals surface area contributed by atoms with Crippen LogP contribution in [0.1, 0.15) is 42.5 Å². The van der Waals surface area contributed by atoms with Gasteiger partial charge in [-0.3, -0.25) is 4.79 Å². The van der Waals surface area contributed by atoms with Gasteiger partial charge in [0.15, 0.2) is 0 Å². The Labute approximate surface area is 148 Å². The van der Waals surface area contributed by atoms with E-state index in [2.05, 4.69) is 16.7 Å². The van der Waals surface area contributed by atoms with Crippen molar-refractivity contribution >= 4 is 17.3 Å². The van der Waals surface area contributed by atoms with Crippen molar-refractivity contribution in [1.29, 1.82) is 0 Å². The summed E-state index contributed by atoms with van der Waals surface area (Å²) in [6, 6.07) is 13.5. The van der Waals surface area contributed by atoms with Crippen LogP contribution in [-0.4, -0.2) is 12.5 Å². The number of halogens is 1. The maximum Gasteiger partial charge on any atom is 0.258 e. The second kappa shape index (κ2) is 8.47. The van der Waals surface area contributed by atoms with Gasteiger partial charge < -0.3 is 10.6 Å². The number of carbonyl (C=O) groups is 1. The molecule has 0 aromatic heterocycles. The van der Waals surface area contributed by atoms with E-state index in [4.69, 9.17) is 0 Å². The highest BCUT2D eigenvalue weighted by molar-refractivity contribution is 6.04. The molecule has 3 nitrogen and oxygen atoms in total. The van der Waals surface area contributed by atoms with Crippen molar-refractivity contribution in [3.8, 4) is 0 Å². The Kier molecular flexibility index (Phi) is 5.83. The van der Waals surface area contributed by atoms with E-state index in [9.17, 15) is 9.18 Å². The Bertz CT molecular complexity index is 753. The van der Waals surface area contributed by atoms with Gasteiger partial charge >= 0.3 is 0 Å². The van der Waals surface area contributed by atoms with Gasteiger partial charge in [0.2, 0.25) is 0 Å². The van der Waals surface area contributed by atoms with Crippen LogP contribution in [0.4, 0.5) is 15.8 Å². The van der Waals surface area contributed by atoms with E-state index in [1.54, 1.807) is 17.7 Å². The molecule has 0 atom stereocenters. The average molecular weight is 338 g/mol. The van der Waals surface area contributed by atoms with E-state index in [0.29, 0.717) is 5.69 Å². The molecule has 0 aliphatic heterocycles. The molecule has 1 amide bonds. The first-order valence-corrected chi connectivity index (χ1v) is 8.80. The molecule has 25 heavy (non-hydrogen) atoms. The van der Waals surface area contributed by atoms with Crippen LogP contribution in [0.25, 0.3) is 0 Å². The molecule has 130 valence electrons. The highest BCUT2D eigenvalue weighted by atomic mass is 19.1. The molecule has 2 aromatic rings. The van der Waals surface area contributed by atoms with E-state index >= 15 is 0 Å². The summed E-state index contributed by atoms with van der Waals surface area (Å²) in [6.45, 7) is 0.909. The third-order valence-corrected chi connectivity index (χ3v) is 4.42. The van der Waals surface area contributed by atoms with Gasteiger partial charge in [-0.15, -0.1) is 0 Å². The van der Waals surface area contributed by atoms with Gasteiger partial charge in [-0.05, 0) is 68.5 Å². The van der Waals surface area contributed by atoms with Gasteiger partial charge in [-0.25, -0.2) is 4.39 Å². The Morgan fingerprint density at radius 3 is 2.48 bits per heavy atom. The van der Waals surface area contributed by atoms with Crippen molar-refractivity contribution in [3.63, 3.8) is 0 Å². The van der Waals surface area contributed by atoms with Crippen molar-refractivity contribution in [2.75, 3.05) is 17.2 Å². The highest BCUT2D eigenvalue weighted by Gasteiger charge is 2.10. The second-order valence-electron chi connectivity index (χ2n) is 6.30. The van der Waals surface area contributed by atoms with Crippen molar-refractivity contribution in [2.24, 2.45) is 0 Å². The average Bonchev–Trinajstić information content (AvgIpc) is 2.64. The maximum absolute atomic E-state index is 13.6. The zero-order chi connectivity index (χ0) is 17.5. The minimum absolute atomic E-state index is 0.0467. The van der Waals surface area contributed by atoms with Crippen LogP contribution in [0, 0.1) is 5.82 Å². The summed E-state index contributed by atoms with van der Waals surface area (Å²) >= 11 is 0. The number of rotatable bonds is 6. The fourth-order valence-corrected chi connectivity index (χ4v) is 3.01. The molecule has 2 aromatic carbocycles. The number of benzene rings is 2. The molecule has 0 fully saturated rings. The van der Waals surface area contributed by atoms with Crippen LogP contribution in [-0.2, 0) is 0 Å². The van der Waals surface area contributed by atoms with Crippen LogP contribution >= 0.6 is 0 Å². The quantitative estimate of drug-likeness (QED) is 0.694. The smallest absolute Gasteiger partial charge is 0.258 e. The minimum atomic E-state index is -0.518. The van der Waals surface area contributed by atoms with Crippen molar-refractivity contribution in [3.05, 3.63) is 71.6 Å². The van der Waals surface area contributed by atoms with E-state index < -0.39 is 11.7 Å². The number of hydrogen-bond donors (Lipinski definition) is 2. The fourth-order valence-electron chi connectivity index (χ4n) is 3.01. The molecule has 0 unspecified atom stereocenters. The lowest BCUT2D eigenvalue weighted by atomic mass is 9.97. The minimum Gasteiger partial charge on any atom is -0.385 e. The Balaban J connectivity index is 1.51. The molecule has 4 heteroatoms. The zero-order valence-corrected chi connectivity index (χ0v) is 14.2. The monoisotopic (exact) mass is 338 g/mol. The summed E-state index contributed by atoms with van der Waals surface area (Å²) in [5.74, 6) is -0.960. The number of hydrogen-bond acceptors (Lipinski definition) is 2. The molecular weight excluding hydrogens is 315 g/mol. The normalized spacial score (nSPS) is 13.9. The first-order chi connectivity index (χ1) is 12.2. The fraction of sp³-hybridized carbons (Fsp3) is 0.286. The summed E-state index contributed by atoms with van der Waals surface area (Å²) in [5, 5.41) is 6.12. The summed E-state index contributed by atoms with van der Waals surface area (Å²) in [7, 11) is 0. The molecule has 3 rings (SSSR count). The molecule has 0 bridgehead atoms. The Morgan fingerprint density at radius 1 is 1.00 bits per heavy atom. The molecule has 0 radical (unpaired) electrons. The molecule has 1 aliphatic carbocycles. The Hall–Kier alpha value is -2.62. The largest absolute Gasteiger partial charge is 0.385 e. The molecule has 2 N–H and O–H groups in total. The van der Waals surface area contributed by atoms with E-state index in [-0.39, 0.29) is 5.56 Å². The first-order valence-electron chi connectivity index (χ1n) is 8.80. The molecule has 0 heterocycles. The lowest BCUT2D eigenvalue weighted by Crippen LogP contribution is -2.13. The van der Waals surface area contributed by atoms with Crippen LogP contribution in [0.2, 0.25) is 0 Å². The number of amides is 1. The zero-order valence-electron chi connectivity index (χ0n) is 14.2. The standard InChI is InChI=1S/C21H23FN2O/c22-20-9-5-4-8-19(20)21(25)24-18-12-10-17(11-13-18)23-15-14-16-6-2-1-3-7-16/h4-6,8-13,23H,1-3,7,14-15H2,(H,24,25). The van der Waals surface area contributed by atoms with Crippen molar-refractivity contribution in [1.82, 2.24) is 0 Å². The SMILES string of the molecule is O=C(Nc1ccc(NCCC2=CCCCC2)cc1)c1ccccc1F. The summed E-state index contributed by atoms with van der Waals surface area (Å²) < 4.78 is 13.6. The van der Waals surface area contributed by atoms with Gasteiger partial charge in [-0.1, -0.05) is 23.8 Å². The number of carbonyl (C=O) groups excluding carboxylic acids is 1. The van der Waals surface area contributed by atoms with Crippen LogP contribution < -0.4 is 10.6 Å². The van der Waals surface area contributed by atoms with Gasteiger partial charge in [0.1, 0.15) is 5.82 Å². The number of allylic oxidation sites excluding steroid dienone is 1. The highest BCUT2D eigenvalue weighted by Crippen LogP contribution is 2.20. The molecular formula is C21H23FN2O. The predicted octanol–water partition coefficient (Wildman–Crippen LogP) is 5.38. The number of anilines is 2. The lowest BCUT2D eigenvalue weighted by molar-refractivity contribution is 0.102. The molecule has 0 spiro atoms. The van der Waals surface area contributed by atoms with Gasteiger partial charge in [0, 0.05) is 17.9 Å². The van der Waals surface area contributed by atoms with E-state index in [0.717, 1.165) is 18.7 Å². The number of nitrogens with one attached hydrogen (secondary N) is 2. The predicted molar refractivity (Wildman–Crippen MR) is 100 cm³/mol. The first kappa shape index (κ1) is 17.2. The Morgan fingerprint density at radius 2 is 1.76 bits per heavy atom. The second-order valence-corrected chi connectivity index (χ2v) is 6.30. The van der Waals surface area contributed by atoms with Gasteiger partial charge in [0.25, 0.3) is 5.91 Å². The van der Waals surface area contributed by atoms with E-state index in [1.165, 1.54) is 37.8 Å². The summed E-state index contributed by atoms with van der Waals surface area (Å²) in [6.07, 6.45) is 8.51. The summed E-state index contributed by atoms with van der Waals surface area (Å²) in [5.41, 5.74) is 3.26.